The van der Waals surface area contributed by atoms with Crippen LogP contribution in [0.2, 0.25) is 0 Å². The zero-order chi connectivity index (χ0) is 14.4. The lowest BCUT2D eigenvalue weighted by atomic mass is 10.1. The van der Waals surface area contributed by atoms with Crippen molar-refractivity contribution in [2.24, 2.45) is 0 Å². The SMILES string of the molecule is Cc1cccc(CCC(=O)N(CCO)C2CCCC2)c1. The molecule has 0 heterocycles. The number of hydrogen-bond acceptors (Lipinski definition) is 2. The second-order valence-corrected chi connectivity index (χ2v) is 5.74. The van der Waals surface area contributed by atoms with Gasteiger partial charge in [-0.15, -0.1) is 0 Å². The summed E-state index contributed by atoms with van der Waals surface area (Å²) in [5.74, 6) is 0.187. The van der Waals surface area contributed by atoms with Gasteiger partial charge in [0.2, 0.25) is 5.91 Å². The smallest absolute Gasteiger partial charge is 0.223 e. The number of nitrogens with zero attached hydrogens (tertiary/aromatic N) is 1. The van der Waals surface area contributed by atoms with Gasteiger partial charge in [0.25, 0.3) is 0 Å². The highest BCUT2D eigenvalue weighted by Gasteiger charge is 2.25. The van der Waals surface area contributed by atoms with Crippen LogP contribution >= 0.6 is 0 Å². The third kappa shape index (κ3) is 4.07. The van der Waals surface area contributed by atoms with Crippen LogP contribution in [0.5, 0.6) is 0 Å². The highest BCUT2D eigenvalue weighted by molar-refractivity contribution is 5.76. The summed E-state index contributed by atoms with van der Waals surface area (Å²) < 4.78 is 0. The van der Waals surface area contributed by atoms with E-state index in [-0.39, 0.29) is 12.5 Å². The fraction of sp³-hybridized carbons (Fsp3) is 0.588. The van der Waals surface area contributed by atoms with E-state index in [0.29, 0.717) is 19.0 Å². The van der Waals surface area contributed by atoms with Crippen LogP contribution in [0.25, 0.3) is 0 Å². The van der Waals surface area contributed by atoms with Gasteiger partial charge in [-0.2, -0.15) is 0 Å². The summed E-state index contributed by atoms with van der Waals surface area (Å²) in [5.41, 5.74) is 2.45. The Morgan fingerprint density at radius 1 is 1.35 bits per heavy atom. The van der Waals surface area contributed by atoms with E-state index in [9.17, 15) is 9.90 Å². The maximum absolute atomic E-state index is 12.4. The van der Waals surface area contributed by atoms with E-state index in [4.69, 9.17) is 0 Å². The number of amides is 1. The topological polar surface area (TPSA) is 40.5 Å². The molecule has 0 atom stereocenters. The van der Waals surface area contributed by atoms with Crippen molar-refractivity contribution in [3.05, 3.63) is 35.4 Å². The molecular weight excluding hydrogens is 250 g/mol. The molecule has 1 aliphatic carbocycles. The molecule has 1 fully saturated rings. The third-order valence-electron chi connectivity index (χ3n) is 4.14. The fourth-order valence-electron chi connectivity index (χ4n) is 3.10. The van der Waals surface area contributed by atoms with Crippen LogP contribution in [0.1, 0.15) is 43.2 Å². The van der Waals surface area contributed by atoms with Gasteiger partial charge in [-0.1, -0.05) is 42.7 Å². The molecule has 3 heteroatoms. The Hall–Kier alpha value is -1.35. The van der Waals surface area contributed by atoms with Gasteiger partial charge >= 0.3 is 0 Å². The van der Waals surface area contributed by atoms with Crippen molar-refractivity contribution >= 4 is 5.91 Å². The first-order chi connectivity index (χ1) is 9.70. The average Bonchev–Trinajstić information content (AvgIpc) is 2.96. The Balaban J connectivity index is 1.91. The Kier molecular flexibility index (Phi) is 5.60. The molecule has 0 saturated heterocycles. The van der Waals surface area contributed by atoms with Gasteiger partial charge < -0.3 is 10.0 Å². The molecule has 1 aromatic carbocycles. The van der Waals surface area contributed by atoms with Gasteiger partial charge in [-0.05, 0) is 31.7 Å². The zero-order valence-corrected chi connectivity index (χ0v) is 12.3. The second kappa shape index (κ2) is 7.44. The first-order valence-corrected chi connectivity index (χ1v) is 7.66. The Labute approximate surface area is 121 Å². The Morgan fingerprint density at radius 3 is 2.75 bits per heavy atom. The number of benzene rings is 1. The van der Waals surface area contributed by atoms with Gasteiger partial charge in [0.15, 0.2) is 0 Å². The molecule has 0 bridgehead atoms. The van der Waals surface area contributed by atoms with E-state index in [2.05, 4.69) is 25.1 Å². The first-order valence-electron chi connectivity index (χ1n) is 7.66. The molecule has 0 aliphatic heterocycles. The van der Waals surface area contributed by atoms with Gasteiger partial charge in [0, 0.05) is 19.0 Å². The molecule has 0 unspecified atom stereocenters. The standard InChI is InChI=1S/C17H25NO2/c1-14-5-4-6-15(13-14)9-10-17(20)18(11-12-19)16-7-2-3-8-16/h4-6,13,16,19H,2-3,7-12H2,1H3. The third-order valence-corrected chi connectivity index (χ3v) is 4.14. The first kappa shape index (κ1) is 15.0. The number of rotatable bonds is 6. The number of carbonyl (C=O) groups is 1. The summed E-state index contributed by atoms with van der Waals surface area (Å²) >= 11 is 0. The van der Waals surface area contributed by atoms with Gasteiger partial charge in [-0.25, -0.2) is 0 Å². The van der Waals surface area contributed by atoms with E-state index in [1.807, 2.05) is 11.0 Å². The lowest BCUT2D eigenvalue weighted by Crippen LogP contribution is -2.40. The predicted octanol–water partition coefficient (Wildman–Crippen LogP) is 2.69. The minimum atomic E-state index is 0.0622. The van der Waals surface area contributed by atoms with E-state index >= 15 is 0 Å². The second-order valence-electron chi connectivity index (χ2n) is 5.74. The van der Waals surface area contributed by atoms with Gasteiger partial charge in [0.1, 0.15) is 0 Å². The number of aryl methyl sites for hydroxylation is 2. The summed E-state index contributed by atoms with van der Waals surface area (Å²) in [6, 6.07) is 8.68. The van der Waals surface area contributed by atoms with Crippen LogP contribution in [-0.4, -0.2) is 35.1 Å². The highest BCUT2D eigenvalue weighted by atomic mass is 16.3. The van der Waals surface area contributed by atoms with Crippen molar-refractivity contribution in [1.82, 2.24) is 4.90 Å². The quantitative estimate of drug-likeness (QED) is 0.867. The monoisotopic (exact) mass is 275 g/mol. The summed E-state index contributed by atoms with van der Waals surface area (Å²) in [5, 5.41) is 9.17. The van der Waals surface area contributed by atoms with Crippen LogP contribution < -0.4 is 0 Å². The molecule has 20 heavy (non-hydrogen) atoms. The van der Waals surface area contributed by atoms with Crippen LogP contribution in [0, 0.1) is 6.92 Å². The summed E-state index contributed by atoms with van der Waals surface area (Å²) in [6.45, 7) is 2.62. The summed E-state index contributed by atoms with van der Waals surface area (Å²) in [6.07, 6.45) is 5.93. The van der Waals surface area contributed by atoms with Crippen molar-refractivity contribution in [3.8, 4) is 0 Å². The molecule has 3 nitrogen and oxygen atoms in total. The molecule has 0 aromatic heterocycles. The molecule has 1 aromatic rings. The number of aliphatic hydroxyl groups is 1. The number of carbonyl (C=O) groups excluding carboxylic acids is 1. The van der Waals surface area contributed by atoms with Crippen molar-refractivity contribution in [2.75, 3.05) is 13.2 Å². The van der Waals surface area contributed by atoms with Crippen LogP contribution in [0.4, 0.5) is 0 Å². The lowest BCUT2D eigenvalue weighted by Gasteiger charge is -2.28. The molecular formula is C17H25NO2. The van der Waals surface area contributed by atoms with E-state index < -0.39 is 0 Å². The van der Waals surface area contributed by atoms with Crippen molar-refractivity contribution < 1.29 is 9.90 Å². The predicted molar refractivity (Wildman–Crippen MR) is 80.6 cm³/mol. The van der Waals surface area contributed by atoms with Gasteiger partial charge in [-0.3, -0.25) is 4.79 Å². The fourth-order valence-corrected chi connectivity index (χ4v) is 3.10. The zero-order valence-electron chi connectivity index (χ0n) is 12.3. The van der Waals surface area contributed by atoms with Crippen molar-refractivity contribution in [3.63, 3.8) is 0 Å². The maximum atomic E-state index is 12.4. The van der Waals surface area contributed by atoms with Crippen LogP contribution in [-0.2, 0) is 11.2 Å². The molecule has 1 amide bonds. The largest absolute Gasteiger partial charge is 0.395 e. The Morgan fingerprint density at radius 2 is 2.10 bits per heavy atom. The van der Waals surface area contributed by atoms with Crippen LogP contribution in [0.15, 0.2) is 24.3 Å². The van der Waals surface area contributed by atoms with Gasteiger partial charge in [0.05, 0.1) is 6.61 Å². The van der Waals surface area contributed by atoms with Crippen molar-refractivity contribution in [1.29, 1.82) is 0 Å². The minimum absolute atomic E-state index is 0.0622. The number of aliphatic hydroxyl groups excluding tert-OH is 1. The number of hydrogen-bond donors (Lipinski definition) is 1. The lowest BCUT2D eigenvalue weighted by molar-refractivity contribution is -0.134. The van der Waals surface area contributed by atoms with E-state index in [1.165, 1.54) is 24.0 Å². The molecule has 1 N–H and O–H groups in total. The summed E-state index contributed by atoms with van der Waals surface area (Å²) in [4.78, 5) is 14.3. The van der Waals surface area contributed by atoms with E-state index in [1.54, 1.807) is 0 Å². The average molecular weight is 275 g/mol. The molecule has 1 saturated carbocycles. The molecule has 0 radical (unpaired) electrons. The molecule has 2 rings (SSSR count). The summed E-state index contributed by atoms with van der Waals surface area (Å²) in [7, 11) is 0. The minimum Gasteiger partial charge on any atom is -0.395 e. The van der Waals surface area contributed by atoms with Crippen LogP contribution in [0.3, 0.4) is 0 Å². The molecule has 110 valence electrons. The maximum Gasteiger partial charge on any atom is 0.223 e. The van der Waals surface area contributed by atoms with E-state index in [0.717, 1.165) is 19.3 Å². The van der Waals surface area contributed by atoms with Crippen molar-refractivity contribution in [2.45, 2.75) is 51.5 Å². The highest BCUT2D eigenvalue weighted by Crippen LogP contribution is 2.24. The Bertz CT molecular complexity index is 438. The normalized spacial score (nSPS) is 15.5. The molecule has 1 aliphatic rings. The molecule has 0 spiro atoms.